The zero-order valence-electron chi connectivity index (χ0n) is 22.0. The molecule has 2 N–H and O–H groups in total. The lowest BCUT2D eigenvalue weighted by Gasteiger charge is -2.33. The van der Waals surface area contributed by atoms with Crippen molar-refractivity contribution in [2.24, 2.45) is 5.92 Å². The molecule has 2 aromatic rings. The molecular weight excluding hydrogens is 472 g/mol. The minimum absolute atomic E-state index is 0.0511. The number of nitrogens with one attached hydrogen (secondary N) is 2. The predicted octanol–water partition coefficient (Wildman–Crippen LogP) is 5.76. The van der Waals surface area contributed by atoms with Crippen LogP contribution in [0.3, 0.4) is 0 Å². The lowest BCUT2D eigenvalue weighted by atomic mass is 9.78. The molecule has 2 aromatic carbocycles. The van der Waals surface area contributed by atoms with Gasteiger partial charge in [-0.2, -0.15) is 0 Å². The molecule has 37 heavy (non-hydrogen) atoms. The highest BCUT2D eigenvalue weighted by atomic mass is 19.1. The van der Waals surface area contributed by atoms with Crippen molar-refractivity contribution in [3.05, 3.63) is 65.2 Å². The second kappa shape index (κ2) is 12.2. The molecule has 2 amide bonds. The molecule has 0 aromatic heterocycles. The number of rotatable bonds is 9. The lowest BCUT2D eigenvalue weighted by molar-refractivity contribution is -0.126. The van der Waals surface area contributed by atoms with Gasteiger partial charge in [0.1, 0.15) is 11.6 Å². The Morgan fingerprint density at radius 2 is 1.70 bits per heavy atom. The Balaban J connectivity index is 1.24. The maximum absolute atomic E-state index is 14.6. The summed E-state index contributed by atoms with van der Waals surface area (Å²) in [5.74, 6) is -0.524. The molecule has 2 aliphatic rings. The molecule has 4 rings (SSSR count). The minimum Gasteiger partial charge on any atom is -0.355 e. The van der Waals surface area contributed by atoms with Crippen molar-refractivity contribution in [2.75, 3.05) is 31.5 Å². The molecule has 0 bridgehead atoms. The normalized spacial score (nSPS) is 18.2. The Morgan fingerprint density at radius 3 is 2.35 bits per heavy atom. The summed E-state index contributed by atoms with van der Waals surface area (Å²) in [4.78, 5) is 27.6. The zero-order chi connectivity index (χ0) is 26.4. The first-order valence-electron chi connectivity index (χ1n) is 13.7. The van der Waals surface area contributed by atoms with Gasteiger partial charge in [0, 0.05) is 18.2 Å². The fourth-order valence-electron chi connectivity index (χ4n) is 5.76. The molecule has 200 valence electrons. The maximum Gasteiger partial charge on any atom is 0.230 e. The molecule has 1 aliphatic heterocycles. The number of hydrogen-bond acceptors (Lipinski definition) is 3. The Morgan fingerprint density at radius 1 is 1.03 bits per heavy atom. The molecule has 5 nitrogen and oxygen atoms in total. The van der Waals surface area contributed by atoms with E-state index < -0.39 is 5.41 Å². The highest BCUT2D eigenvalue weighted by molar-refractivity contribution is 5.92. The van der Waals surface area contributed by atoms with Crippen molar-refractivity contribution in [3.63, 3.8) is 0 Å². The summed E-state index contributed by atoms with van der Waals surface area (Å²) in [6, 6.07) is 11.2. The largest absolute Gasteiger partial charge is 0.355 e. The average Bonchev–Trinajstić information content (AvgIpc) is 3.40. The van der Waals surface area contributed by atoms with Crippen LogP contribution < -0.4 is 10.6 Å². The standard InChI is InChI=1S/C30H39F2N3O2/c1-21(2)28(36)34-25-10-11-27(32)26(20-25)22-12-18-35(19-13-22)17-5-16-33-29(37)30(14-3-4-15-30)23-6-8-24(31)9-7-23/h6-11,20-22H,3-5,12-19H2,1-2H3,(H,33,37)(H,34,36). The van der Waals surface area contributed by atoms with Crippen LogP contribution in [0.1, 0.15) is 75.8 Å². The van der Waals surface area contributed by atoms with Crippen molar-refractivity contribution in [1.29, 1.82) is 0 Å². The molecule has 1 saturated carbocycles. The second-order valence-electron chi connectivity index (χ2n) is 10.9. The molecular formula is C30H39F2N3O2. The van der Waals surface area contributed by atoms with Gasteiger partial charge in [-0.25, -0.2) is 8.78 Å². The molecule has 0 atom stereocenters. The Kier molecular flexibility index (Phi) is 8.95. The van der Waals surface area contributed by atoms with Crippen LogP contribution in [0.25, 0.3) is 0 Å². The maximum atomic E-state index is 14.6. The van der Waals surface area contributed by atoms with Gasteiger partial charge in [-0.15, -0.1) is 0 Å². The molecule has 2 fully saturated rings. The summed E-state index contributed by atoms with van der Waals surface area (Å²) in [6.07, 6.45) is 6.19. The van der Waals surface area contributed by atoms with Gasteiger partial charge < -0.3 is 15.5 Å². The van der Waals surface area contributed by atoms with Crippen LogP contribution in [0.5, 0.6) is 0 Å². The first-order valence-corrected chi connectivity index (χ1v) is 13.7. The summed E-state index contributed by atoms with van der Waals surface area (Å²) in [5, 5.41) is 6.02. The van der Waals surface area contributed by atoms with Crippen LogP contribution in [0.2, 0.25) is 0 Å². The number of carbonyl (C=O) groups is 2. The summed E-state index contributed by atoms with van der Waals surface area (Å²) in [7, 11) is 0. The van der Waals surface area contributed by atoms with E-state index >= 15 is 0 Å². The van der Waals surface area contributed by atoms with Crippen LogP contribution >= 0.6 is 0 Å². The Bertz CT molecular complexity index is 1070. The first-order chi connectivity index (χ1) is 17.8. The smallest absolute Gasteiger partial charge is 0.230 e. The van der Waals surface area contributed by atoms with E-state index in [1.807, 2.05) is 13.8 Å². The molecule has 0 unspecified atom stereocenters. The zero-order valence-corrected chi connectivity index (χ0v) is 22.0. The number of piperidine rings is 1. The number of halogens is 2. The fourth-order valence-corrected chi connectivity index (χ4v) is 5.76. The number of carbonyl (C=O) groups excluding carboxylic acids is 2. The van der Waals surface area contributed by atoms with E-state index in [2.05, 4.69) is 15.5 Å². The van der Waals surface area contributed by atoms with Crippen molar-refractivity contribution in [2.45, 2.75) is 70.1 Å². The van der Waals surface area contributed by atoms with E-state index in [0.29, 0.717) is 17.8 Å². The monoisotopic (exact) mass is 511 g/mol. The third-order valence-corrected chi connectivity index (χ3v) is 8.04. The van der Waals surface area contributed by atoms with Gasteiger partial charge in [0.15, 0.2) is 0 Å². The average molecular weight is 512 g/mol. The van der Waals surface area contributed by atoms with Gasteiger partial charge in [0.2, 0.25) is 11.8 Å². The summed E-state index contributed by atoms with van der Waals surface area (Å²) in [5.41, 5.74) is 1.69. The van der Waals surface area contributed by atoms with E-state index in [9.17, 15) is 18.4 Å². The van der Waals surface area contributed by atoms with Crippen LogP contribution in [-0.2, 0) is 15.0 Å². The molecule has 1 saturated heterocycles. The summed E-state index contributed by atoms with van der Waals surface area (Å²) >= 11 is 0. The predicted molar refractivity (Wildman–Crippen MR) is 142 cm³/mol. The third-order valence-electron chi connectivity index (χ3n) is 8.04. The SMILES string of the molecule is CC(C)C(=O)Nc1ccc(F)c(C2CCN(CCCNC(=O)C3(c4ccc(F)cc4)CCCC3)CC2)c1. The van der Waals surface area contributed by atoms with Crippen molar-refractivity contribution >= 4 is 17.5 Å². The van der Waals surface area contributed by atoms with Gasteiger partial charge in [0.25, 0.3) is 0 Å². The number of benzene rings is 2. The van der Waals surface area contributed by atoms with Gasteiger partial charge in [0.05, 0.1) is 5.41 Å². The van der Waals surface area contributed by atoms with E-state index in [4.69, 9.17) is 0 Å². The number of likely N-dealkylation sites (tertiary alicyclic amines) is 1. The van der Waals surface area contributed by atoms with E-state index in [1.54, 1.807) is 24.3 Å². The molecule has 1 aliphatic carbocycles. The Hall–Kier alpha value is -2.80. The van der Waals surface area contributed by atoms with Gasteiger partial charge >= 0.3 is 0 Å². The van der Waals surface area contributed by atoms with Crippen LogP contribution in [0, 0.1) is 17.6 Å². The van der Waals surface area contributed by atoms with E-state index in [1.165, 1.54) is 18.2 Å². The fraction of sp³-hybridized carbons (Fsp3) is 0.533. The molecule has 0 spiro atoms. The summed E-state index contributed by atoms with van der Waals surface area (Å²) in [6.45, 7) is 6.90. The van der Waals surface area contributed by atoms with Crippen molar-refractivity contribution in [3.8, 4) is 0 Å². The highest BCUT2D eigenvalue weighted by Gasteiger charge is 2.42. The van der Waals surface area contributed by atoms with E-state index in [0.717, 1.165) is 70.1 Å². The number of hydrogen-bond donors (Lipinski definition) is 2. The van der Waals surface area contributed by atoms with E-state index in [-0.39, 0.29) is 35.3 Å². The molecule has 1 heterocycles. The van der Waals surface area contributed by atoms with Crippen molar-refractivity contribution < 1.29 is 18.4 Å². The van der Waals surface area contributed by atoms with Crippen LogP contribution in [-0.4, -0.2) is 42.9 Å². The third kappa shape index (κ3) is 6.56. The Labute approximate surface area is 219 Å². The topological polar surface area (TPSA) is 61.4 Å². The summed E-state index contributed by atoms with van der Waals surface area (Å²) < 4.78 is 28.0. The lowest BCUT2D eigenvalue weighted by Crippen LogP contribution is -2.43. The van der Waals surface area contributed by atoms with Gasteiger partial charge in [-0.1, -0.05) is 38.8 Å². The molecule has 7 heteroatoms. The minimum atomic E-state index is -0.542. The van der Waals surface area contributed by atoms with Gasteiger partial charge in [-0.3, -0.25) is 9.59 Å². The second-order valence-corrected chi connectivity index (χ2v) is 10.9. The van der Waals surface area contributed by atoms with Crippen LogP contribution in [0.4, 0.5) is 14.5 Å². The first kappa shape index (κ1) is 27.2. The van der Waals surface area contributed by atoms with Gasteiger partial charge in [-0.05, 0) is 99.1 Å². The quantitative estimate of drug-likeness (QED) is 0.421. The highest BCUT2D eigenvalue weighted by Crippen LogP contribution is 2.41. The number of anilines is 1. The number of nitrogens with zero attached hydrogens (tertiary/aromatic N) is 1. The van der Waals surface area contributed by atoms with Crippen molar-refractivity contribution in [1.82, 2.24) is 10.2 Å². The number of amides is 2. The molecule has 0 radical (unpaired) electrons. The van der Waals surface area contributed by atoms with Crippen LogP contribution in [0.15, 0.2) is 42.5 Å².